The number of hydrogen-bond acceptors (Lipinski definition) is 8. The molecule has 1 aliphatic rings. The van der Waals surface area contributed by atoms with E-state index in [-0.39, 0.29) is 17.9 Å². The van der Waals surface area contributed by atoms with Crippen molar-refractivity contribution in [2.24, 2.45) is 0 Å². The Labute approximate surface area is 164 Å². The van der Waals surface area contributed by atoms with Crippen molar-refractivity contribution in [3.63, 3.8) is 0 Å². The zero-order valence-electron chi connectivity index (χ0n) is 15.2. The summed E-state index contributed by atoms with van der Waals surface area (Å²) < 4.78 is 1.86. The van der Waals surface area contributed by atoms with Crippen LogP contribution in [0, 0.1) is 0 Å². The molecule has 9 nitrogen and oxygen atoms in total. The summed E-state index contributed by atoms with van der Waals surface area (Å²) in [7, 11) is 0. The summed E-state index contributed by atoms with van der Waals surface area (Å²) in [6.45, 7) is 3.86. The molecule has 1 saturated heterocycles. The van der Waals surface area contributed by atoms with Crippen molar-refractivity contribution in [1.82, 2.24) is 29.2 Å². The molecule has 0 aliphatic carbocycles. The Morgan fingerprint density at radius 2 is 2.14 bits per heavy atom. The van der Waals surface area contributed by atoms with Crippen LogP contribution in [0.15, 0.2) is 36.1 Å². The molecule has 0 saturated carbocycles. The Kier molecular flexibility index (Phi) is 3.86. The Balaban J connectivity index is 1.39. The SMILES string of the molecule is CC1CN(C(=O)c2cn3ccccc3n2)CCN1c1nc(N)nc2scnc12. The average Bonchev–Trinajstić information content (AvgIpc) is 3.33. The van der Waals surface area contributed by atoms with E-state index in [0.29, 0.717) is 25.3 Å². The van der Waals surface area contributed by atoms with Crippen LogP contribution in [-0.4, -0.2) is 60.8 Å². The molecule has 1 atom stereocenters. The van der Waals surface area contributed by atoms with Crippen LogP contribution < -0.4 is 10.6 Å². The second-order valence-electron chi connectivity index (χ2n) is 6.80. The van der Waals surface area contributed by atoms with Gasteiger partial charge in [-0.25, -0.2) is 15.0 Å². The van der Waals surface area contributed by atoms with Crippen LogP contribution in [0.4, 0.5) is 11.8 Å². The highest BCUT2D eigenvalue weighted by Gasteiger charge is 2.30. The number of aromatic nitrogens is 5. The summed E-state index contributed by atoms with van der Waals surface area (Å²) in [5.74, 6) is 0.912. The highest BCUT2D eigenvalue weighted by Crippen LogP contribution is 2.29. The molecule has 2 N–H and O–H groups in total. The van der Waals surface area contributed by atoms with Crippen molar-refractivity contribution in [3.8, 4) is 0 Å². The summed E-state index contributed by atoms with van der Waals surface area (Å²) in [5, 5.41) is 0. The zero-order chi connectivity index (χ0) is 19.3. The first kappa shape index (κ1) is 16.9. The number of piperazine rings is 1. The molecule has 10 heteroatoms. The highest BCUT2D eigenvalue weighted by atomic mass is 32.1. The number of imidazole rings is 1. The third-order valence-corrected chi connectivity index (χ3v) is 5.69. The number of amides is 1. The van der Waals surface area contributed by atoms with Gasteiger partial charge in [0.15, 0.2) is 10.6 Å². The third kappa shape index (κ3) is 2.73. The number of nitrogens with zero attached hydrogens (tertiary/aromatic N) is 7. The van der Waals surface area contributed by atoms with Crippen LogP contribution in [0.5, 0.6) is 0 Å². The van der Waals surface area contributed by atoms with E-state index in [1.165, 1.54) is 11.3 Å². The van der Waals surface area contributed by atoms with Gasteiger partial charge in [0, 0.05) is 38.1 Å². The molecule has 0 radical (unpaired) electrons. The van der Waals surface area contributed by atoms with E-state index in [0.717, 1.165) is 21.8 Å². The van der Waals surface area contributed by atoms with E-state index in [9.17, 15) is 4.79 Å². The van der Waals surface area contributed by atoms with Crippen molar-refractivity contribution >= 4 is 45.0 Å². The molecule has 1 amide bonds. The van der Waals surface area contributed by atoms with E-state index in [1.807, 2.05) is 33.7 Å². The van der Waals surface area contributed by atoms with Gasteiger partial charge in [0.05, 0.1) is 5.51 Å². The molecule has 1 unspecified atom stereocenters. The first-order chi connectivity index (χ1) is 13.6. The number of thiazole rings is 1. The van der Waals surface area contributed by atoms with Crippen LogP contribution in [0.1, 0.15) is 17.4 Å². The van der Waals surface area contributed by atoms with E-state index in [1.54, 1.807) is 11.7 Å². The molecule has 1 aliphatic heterocycles. The Bertz CT molecular complexity index is 1150. The fourth-order valence-electron chi connectivity index (χ4n) is 3.62. The number of rotatable bonds is 2. The lowest BCUT2D eigenvalue weighted by Crippen LogP contribution is -2.54. The van der Waals surface area contributed by atoms with Gasteiger partial charge in [-0.3, -0.25) is 4.79 Å². The van der Waals surface area contributed by atoms with Gasteiger partial charge in [-0.05, 0) is 19.1 Å². The fraction of sp³-hybridized carbons (Fsp3) is 0.278. The number of anilines is 2. The van der Waals surface area contributed by atoms with Crippen molar-refractivity contribution in [2.75, 3.05) is 30.3 Å². The van der Waals surface area contributed by atoms with E-state index >= 15 is 0 Å². The summed E-state index contributed by atoms with van der Waals surface area (Å²) in [6.07, 6.45) is 3.66. The van der Waals surface area contributed by atoms with E-state index < -0.39 is 0 Å². The monoisotopic (exact) mass is 394 g/mol. The van der Waals surface area contributed by atoms with Crippen LogP contribution >= 0.6 is 11.3 Å². The van der Waals surface area contributed by atoms with Gasteiger partial charge in [-0.1, -0.05) is 6.07 Å². The minimum atomic E-state index is -0.0591. The summed E-state index contributed by atoms with van der Waals surface area (Å²) in [6, 6.07) is 5.77. The van der Waals surface area contributed by atoms with Gasteiger partial charge in [0.25, 0.3) is 5.91 Å². The molecule has 28 heavy (non-hydrogen) atoms. The molecule has 1 fully saturated rings. The Morgan fingerprint density at radius 3 is 2.96 bits per heavy atom. The van der Waals surface area contributed by atoms with Crippen LogP contribution in [0.25, 0.3) is 16.0 Å². The normalized spacial score (nSPS) is 17.5. The zero-order valence-corrected chi connectivity index (χ0v) is 16.0. The first-order valence-corrected chi connectivity index (χ1v) is 9.84. The minimum absolute atomic E-state index is 0.0591. The molecule has 0 aromatic carbocycles. The van der Waals surface area contributed by atoms with Gasteiger partial charge in [0.2, 0.25) is 5.95 Å². The second kappa shape index (κ2) is 6.41. The number of carbonyl (C=O) groups is 1. The number of fused-ring (bicyclic) bond motifs is 2. The summed E-state index contributed by atoms with van der Waals surface area (Å²) in [5.41, 5.74) is 9.60. The van der Waals surface area contributed by atoms with Crippen molar-refractivity contribution in [2.45, 2.75) is 13.0 Å². The van der Waals surface area contributed by atoms with E-state index in [4.69, 9.17) is 5.73 Å². The maximum atomic E-state index is 13.0. The molecular formula is C18H18N8OS. The number of carbonyl (C=O) groups excluding carboxylic acids is 1. The average molecular weight is 394 g/mol. The molecule has 5 rings (SSSR count). The predicted molar refractivity (Wildman–Crippen MR) is 108 cm³/mol. The fourth-order valence-corrected chi connectivity index (χ4v) is 4.28. The highest BCUT2D eigenvalue weighted by molar-refractivity contribution is 7.16. The van der Waals surface area contributed by atoms with Crippen molar-refractivity contribution in [3.05, 3.63) is 41.8 Å². The van der Waals surface area contributed by atoms with Gasteiger partial charge >= 0.3 is 0 Å². The molecule has 4 aromatic heterocycles. The number of pyridine rings is 1. The van der Waals surface area contributed by atoms with E-state index in [2.05, 4.69) is 31.8 Å². The lowest BCUT2D eigenvalue weighted by molar-refractivity contribution is 0.0721. The lowest BCUT2D eigenvalue weighted by atomic mass is 10.1. The standard InChI is InChI=1S/C18H18N8OS/c1-11-8-25(17(27)12-9-24-5-3-2-4-13(24)21-12)6-7-26(11)15-14-16(28-10-20-14)23-18(19)22-15/h2-5,9-11H,6-8H2,1H3,(H2,19,22,23). The summed E-state index contributed by atoms with van der Waals surface area (Å²) >= 11 is 1.44. The topological polar surface area (TPSA) is 106 Å². The van der Waals surface area contributed by atoms with Crippen molar-refractivity contribution in [1.29, 1.82) is 0 Å². The lowest BCUT2D eigenvalue weighted by Gasteiger charge is -2.40. The quantitative estimate of drug-likeness (QED) is 0.551. The van der Waals surface area contributed by atoms with Gasteiger partial charge in [-0.2, -0.15) is 4.98 Å². The van der Waals surface area contributed by atoms with Gasteiger partial charge in [-0.15, -0.1) is 11.3 Å². The van der Waals surface area contributed by atoms with Crippen LogP contribution in [0.3, 0.4) is 0 Å². The maximum Gasteiger partial charge on any atom is 0.274 e. The molecule has 0 bridgehead atoms. The van der Waals surface area contributed by atoms with Crippen LogP contribution in [0.2, 0.25) is 0 Å². The Hall–Kier alpha value is -3.27. The molecule has 4 aromatic rings. The molecule has 5 heterocycles. The largest absolute Gasteiger partial charge is 0.368 e. The van der Waals surface area contributed by atoms with Crippen LogP contribution in [-0.2, 0) is 0 Å². The van der Waals surface area contributed by atoms with Gasteiger partial charge in [0.1, 0.15) is 16.9 Å². The number of nitrogen functional groups attached to an aromatic ring is 1. The smallest absolute Gasteiger partial charge is 0.274 e. The minimum Gasteiger partial charge on any atom is -0.368 e. The molecule has 142 valence electrons. The first-order valence-electron chi connectivity index (χ1n) is 8.96. The number of nitrogens with two attached hydrogens (primary N) is 1. The maximum absolute atomic E-state index is 13.0. The van der Waals surface area contributed by atoms with Gasteiger partial charge < -0.3 is 19.9 Å². The predicted octanol–water partition coefficient (Wildman–Crippen LogP) is 1.67. The molecular weight excluding hydrogens is 376 g/mol. The Morgan fingerprint density at radius 1 is 1.25 bits per heavy atom. The summed E-state index contributed by atoms with van der Waals surface area (Å²) in [4.78, 5) is 35.2. The number of hydrogen-bond donors (Lipinski definition) is 1. The van der Waals surface area contributed by atoms with Crippen molar-refractivity contribution < 1.29 is 4.79 Å². The third-order valence-electron chi connectivity index (χ3n) is 4.97. The molecule has 0 spiro atoms. The second-order valence-corrected chi connectivity index (χ2v) is 7.63.